The first-order valence-electron chi connectivity index (χ1n) is 5.60. The molecule has 0 aromatic carbocycles. The summed E-state index contributed by atoms with van der Waals surface area (Å²) in [6.45, 7) is 2.84. The van der Waals surface area contributed by atoms with Gasteiger partial charge in [0.05, 0.1) is 0 Å². The molecule has 0 amide bonds. The van der Waals surface area contributed by atoms with Crippen LogP contribution in [0, 0.1) is 17.8 Å². The van der Waals surface area contributed by atoms with Gasteiger partial charge in [-0.3, -0.25) is 0 Å². The van der Waals surface area contributed by atoms with E-state index in [1.807, 2.05) is 0 Å². The van der Waals surface area contributed by atoms with Crippen LogP contribution in [0.3, 0.4) is 0 Å². The standard InChI is InChI=1S/C11H21NO/c1-12-6-10(7-12)11(8-13)9-4-2-3-5-9/h9-11,13H,2-8H2,1H3. The van der Waals surface area contributed by atoms with E-state index in [0.29, 0.717) is 12.5 Å². The average Bonchev–Trinajstić information content (AvgIpc) is 2.55. The van der Waals surface area contributed by atoms with E-state index in [1.54, 1.807) is 0 Å². The lowest BCUT2D eigenvalue weighted by atomic mass is 9.77. The van der Waals surface area contributed by atoms with E-state index < -0.39 is 0 Å². The van der Waals surface area contributed by atoms with E-state index in [1.165, 1.54) is 38.8 Å². The van der Waals surface area contributed by atoms with Crippen LogP contribution in [0.15, 0.2) is 0 Å². The van der Waals surface area contributed by atoms with Crippen molar-refractivity contribution in [1.29, 1.82) is 0 Å². The Morgan fingerprint density at radius 2 is 1.85 bits per heavy atom. The second-order valence-electron chi connectivity index (χ2n) is 4.87. The van der Waals surface area contributed by atoms with Gasteiger partial charge in [-0.25, -0.2) is 0 Å². The third kappa shape index (κ3) is 1.89. The van der Waals surface area contributed by atoms with Gasteiger partial charge in [-0.2, -0.15) is 0 Å². The van der Waals surface area contributed by atoms with Gasteiger partial charge in [-0.15, -0.1) is 0 Å². The molecule has 0 spiro atoms. The molecule has 2 aliphatic rings. The van der Waals surface area contributed by atoms with Crippen molar-refractivity contribution >= 4 is 0 Å². The highest BCUT2D eigenvalue weighted by atomic mass is 16.3. The monoisotopic (exact) mass is 183 g/mol. The summed E-state index contributed by atoms with van der Waals surface area (Å²) in [6, 6.07) is 0. The number of aliphatic hydroxyl groups excluding tert-OH is 1. The smallest absolute Gasteiger partial charge is 0.0465 e. The van der Waals surface area contributed by atoms with E-state index in [4.69, 9.17) is 0 Å². The van der Waals surface area contributed by atoms with Gasteiger partial charge in [0, 0.05) is 19.7 Å². The topological polar surface area (TPSA) is 23.5 Å². The van der Waals surface area contributed by atoms with Crippen LogP contribution in [-0.4, -0.2) is 36.8 Å². The second kappa shape index (κ2) is 3.97. The first-order chi connectivity index (χ1) is 6.31. The molecule has 1 N–H and O–H groups in total. The van der Waals surface area contributed by atoms with E-state index in [-0.39, 0.29) is 0 Å². The fraction of sp³-hybridized carbons (Fsp3) is 1.00. The van der Waals surface area contributed by atoms with Crippen molar-refractivity contribution in [3.63, 3.8) is 0 Å². The Kier molecular flexibility index (Phi) is 2.89. The van der Waals surface area contributed by atoms with Crippen LogP contribution in [0.4, 0.5) is 0 Å². The molecule has 1 heterocycles. The van der Waals surface area contributed by atoms with Gasteiger partial charge in [0.25, 0.3) is 0 Å². The van der Waals surface area contributed by atoms with Crippen molar-refractivity contribution in [2.45, 2.75) is 25.7 Å². The Labute approximate surface area is 80.9 Å². The highest BCUT2D eigenvalue weighted by Gasteiger charge is 2.36. The summed E-state index contributed by atoms with van der Waals surface area (Å²) in [6.07, 6.45) is 5.52. The SMILES string of the molecule is CN1CC(C(CO)C2CCCC2)C1. The molecule has 2 fully saturated rings. The molecule has 0 aromatic rings. The molecular formula is C11H21NO. The highest BCUT2D eigenvalue weighted by Crippen LogP contribution is 2.37. The third-order valence-corrected chi connectivity index (χ3v) is 3.91. The third-order valence-electron chi connectivity index (χ3n) is 3.91. The summed E-state index contributed by atoms with van der Waals surface area (Å²) in [4.78, 5) is 2.35. The molecule has 2 nitrogen and oxygen atoms in total. The number of likely N-dealkylation sites (tertiary alicyclic amines) is 1. The maximum Gasteiger partial charge on any atom is 0.0465 e. The molecule has 0 radical (unpaired) electrons. The Balaban J connectivity index is 1.85. The van der Waals surface area contributed by atoms with E-state index in [9.17, 15) is 5.11 Å². The summed E-state index contributed by atoms with van der Waals surface area (Å²) >= 11 is 0. The zero-order valence-electron chi connectivity index (χ0n) is 8.58. The summed E-state index contributed by atoms with van der Waals surface area (Å²) in [5, 5.41) is 9.39. The molecule has 13 heavy (non-hydrogen) atoms. The zero-order chi connectivity index (χ0) is 9.26. The molecular weight excluding hydrogens is 162 g/mol. The normalized spacial score (nSPS) is 29.1. The Morgan fingerprint density at radius 1 is 1.23 bits per heavy atom. The number of nitrogens with zero attached hydrogens (tertiary/aromatic N) is 1. The van der Waals surface area contributed by atoms with Crippen LogP contribution in [0.5, 0.6) is 0 Å². The fourth-order valence-electron chi connectivity index (χ4n) is 3.09. The minimum absolute atomic E-state index is 0.420. The predicted octanol–water partition coefficient (Wildman–Crippen LogP) is 1.35. The lowest BCUT2D eigenvalue weighted by Gasteiger charge is -2.43. The van der Waals surface area contributed by atoms with Crippen molar-refractivity contribution in [3.8, 4) is 0 Å². The molecule has 1 unspecified atom stereocenters. The van der Waals surface area contributed by atoms with E-state index in [2.05, 4.69) is 11.9 Å². The van der Waals surface area contributed by atoms with Crippen molar-refractivity contribution in [2.24, 2.45) is 17.8 Å². The van der Waals surface area contributed by atoms with Gasteiger partial charge in [0.15, 0.2) is 0 Å². The summed E-state index contributed by atoms with van der Waals surface area (Å²) in [5.41, 5.74) is 0. The predicted molar refractivity (Wildman–Crippen MR) is 53.5 cm³/mol. The van der Waals surface area contributed by atoms with Crippen molar-refractivity contribution in [2.75, 3.05) is 26.7 Å². The molecule has 1 aliphatic carbocycles. The zero-order valence-corrected chi connectivity index (χ0v) is 8.58. The molecule has 1 saturated heterocycles. The first kappa shape index (κ1) is 9.47. The van der Waals surface area contributed by atoms with Gasteiger partial charge in [0.2, 0.25) is 0 Å². The van der Waals surface area contributed by atoms with Gasteiger partial charge >= 0.3 is 0 Å². The first-order valence-corrected chi connectivity index (χ1v) is 5.60. The van der Waals surface area contributed by atoms with Crippen LogP contribution in [0.25, 0.3) is 0 Å². The number of aliphatic hydroxyl groups is 1. The van der Waals surface area contributed by atoms with E-state index >= 15 is 0 Å². The Hall–Kier alpha value is -0.0800. The quantitative estimate of drug-likeness (QED) is 0.714. The minimum atomic E-state index is 0.420. The molecule has 2 rings (SSSR count). The van der Waals surface area contributed by atoms with Crippen LogP contribution in [0.2, 0.25) is 0 Å². The van der Waals surface area contributed by atoms with Gasteiger partial charge in [0.1, 0.15) is 0 Å². The molecule has 1 aliphatic heterocycles. The van der Waals surface area contributed by atoms with Crippen molar-refractivity contribution in [1.82, 2.24) is 4.90 Å². The average molecular weight is 183 g/mol. The van der Waals surface area contributed by atoms with Gasteiger partial charge in [-0.05, 0) is 24.8 Å². The minimum Gasteiger partial charge on any atom is -0.396 e. The highest BCUT2D eigenvalue weighted by molar-refractivity contribution is 4.88. The molecule has 0 bridgehead atoms. The maximum absolute atomic E-state index is 9.39. The second-order valence-corrected chi connectivity index (χ2v) is 4.87. The molecule has 1 saturated carbocycles. The molecule has 1 atom stereocenters. The Morgan fingerprint density at radius 3 is 2.31 bits per heavy atom. The molecule has 2 heteroatoms. The summed E-state index contributed by atoms with van der Waals surface area (Å²) < 4.78 is 0. The Bertz CT molecular complexity index is 159. The number of hydrogen-bond donors (Lipinski definition) is 1. The summed E-state index contributed by atoms with van der Waals surface area (Å²) in [5.74, 6) is 2.24. The fourth-order valence-corrected chi connectivity index (χ4v) is 3.09. The van der Waals surface area contributed by atoms with Crippen molar-refractivity contribution < 1.29 is 5.11 Å². The number of hydrogen-bond acceptors (Lipinski definition) is 2. The maximum atomic E-state index is 9.39. The van der Waals surface area contributed by atoms with Crippen LogP contribution in [-0.2, 0) is 0 Å². The van der Waals surface area contributed by atoms with Gasteiger partial charge in [-0.1, -0.05) is 25.7 Å². The van der Waals surface area contributed by atoms with Crippen molar-refractivity contribution in [3.05, 3.63) is 0 Å². The van der Waals surface area contributed by atoms with Gasteiger partial charge < -0.3 is 10.0 Å². The van der Waals surface area contributed by atoms with Crippen LogP contribution in [0.1, 0.15) is 25.7 Å². The lowest BCUT2D eigenvalue weighted by Crippen LogP contribution is -2.49. The van der Waals surface area contributed by atoms with Crippen LogP contribution < -0.4 is 0 Å². The summed E-state index contributed by atoms with van der Waals surface area (Å²) in [7, 11) is 2.17. The largest absolute Gasteiger partial charge is 0.396 e. The molecule has 76 valence electrons. The number of rotatable bonds is 3. The van der Waals surface area contributed by atoms with E-state index in [0.717, 1.165) is 11.8 Å². The lowest BCUT2D eigenvalue weighted by molar-refractivity contribution is 0.0229. The molecule has 0 aromatic heterocycles. The van der Waals surface area contributed by atoms with Crippen LogP contribution >= 0.6 is 0 Å².